The van der Waals surface area contributed by atoms with Crippen LogP contribution < -0.4 is 0 Å². The zero-order chi connectivity index (χ0) is 10.1. The SMILES string of the molecule is CCOC(=O)[C@@H]1CCN1C(C)(C)C. The van der Waals surface area contributed by atoms with Crippen LogP contribution in [0.2, 0.25) is 0 Å². The van der Waals surface area contributed by atoms with Crippen LogP contribution in [0.4, 0.5) is 0 Å². The van der Waals surface area contributed by atoms with Gasteiger partial charge in [0, 0.05) is 12.1 Å². The minimum absolute atomic E-state index is 0.0000463. The van der Waals surface area contributed by atoms with Crippen LogP contribution in [0, 0.1) is 0 Å². The monoisotopic (exact) mass is 185 g/mol. The highest BCUT2D eigenvalue weighted by Crippen LogP contribution is 2.27. The van der Waals surface area contributed by atoms with Crippen molar-refractivity contribution in [3.05, 3.63) is 0 Å². The Bertz CT molecular complexity index is 196. The fourth-order valence-electron chi connectivity index (χ4n) is 1.67. The maximum Gasteiger partial charge on any atom is 0.323 e. The lowest BCUT2D eigenvalue weighted by molar-refractivity contribution is -0.158. The van der Waals surface area contributed by atoms with Gasteiger partial charge in [0.2, 0.25) is 0 Å². The summed E-state index contributed by atoms with van der Waals surface area (Å²) in [5, 5.41) is 0. The fraction of sp³-hybridized carbons (Fsp3) is 0.900. The number of rotatable bonds is 2. The first kappa shape index (κ1) is 10.5. The Morgan fingerprint density at radius 3 is 2.46 bits per heavy atom. The van der Waals surface area contributed by atoms with E-state index in [9.17, 15) is 4.79 Å². The normalized spacial score (nSPS) is 23.8. The van der Waals surface area contributed by atoms with E-state index < -0.39 is 0 Å². The Morgan fingerprint density at radius 2 is 2.15 bits per heavy atom. The molecular formula is C10H19NO2. The average Bonchev–Trinajstić information content (AvgIpc) is 1.79. The predicted octanol–water partition coefficient (Wildman–Crippen LogP) is 1.42. The number of nitrogens with zero attached hydrogens (tertiary/aromatic N) is 1. The van der Waals surface area contributed by atoms with Crippen LogP contribution in [-0.4, -0.2) is 35.6 Å². The van der Waals surface area contributed by atoms with E-state index in [4.69, 9.17) is 4.74 Å². The molecular weight excluding hydrogens is 166 g/mol. The van der Waals surface area contributed by atoms with Crippen molar-refractivity contribution in [1.82, 2.24) is 4.90 Å². The topological polar surface area (TPSA) is 29.5 Å². The van der Waals surface area contributed by atoms with Crippen molar-refractivity contribution in [2.45, 2.75) is 45.7 Å². The molecule has 0 N–H and O–H groups in total. The van der Waals surface area contributed by atoms with Crippen LogP contribution >= 0.6 is 0 Å². The van der Waals surface area contributed by atoms with E-state index in [1.54, 1.807) is 0 Å². The summed E-state index contributed by atoms with van der Waals surface area (Å²) in [6, 6.07) is -0.0000463. The first-order valence-electron chi connectivity index (χ1n) is 4.90. The zero-order valence-electron chi connectivity index (χ0n) is 8.96. The third-order valence-corrected chi connectivity index (χ3v) is 2.44. The lowest BCUT2D eigenvalue weighted by atomic mass is 9.93. The van der Waals surface area contributed by atoms with Gasteiger partial charge in [0.25, 0.3) is 0 Å². The maximum atomic E-state index is 11.4. The maximum absolute atomic E-state index is 11.4. The second-order valence-corrected chi connectivity index (χ2v) is 4.42. The fourth-order valence-corrected chi connectivity index (χ4v) is 1.67. The van der Waals surface area contributed by atoms with Crippen LogP contribution in [0.3, 0.4) is 0 Å². The molecule has 1 fully saturated rings. The van der Waals surface area contributed by atoms with Crippen LogP contribution in [0.1, 0.15) is 34.1 Å². The summed E-state index contributed by atoms with van der Waals surface area (Å²) in [6.07, 6.45) is 0.941. The molecule has 3 heteroatoms. The highest BCUT2D eigenvalue weighted by atomic mass is 16.5. The molecule has 1 heterocycles. The highest BCUT2D eigenvalue weighted by Gasteiger charge is 2.41. The molecule has 0 bridgehead atoms. The highest BCUT2D eigenvalue weighted by molar-refractivity contribution is 5.77. The van der Waals surface area contributed by atoms with E-state index in [0.717, 1.165) is 13.0 Å². The summed E-state index contributed by atoms with van der Waals surface area (Å²) < 4.78 is 4.99. The number of ether oxygens (including phenoxy) is 1. The van der Waals surface area contributed by atoms with Crippen LogP contribution in [0.25, 0.3) is 0 Å². The van der Waals surface area contributed by atoms with Crippen molar-refractivity contribution >= 4 is 5.97 Å². The molecule has 0 saturated carbocycles. The summed E-state index contributed by atoms with van der Waals surface area (Å²) in [4.78, 5) is 13.6. The van der Waals surface area contributed by atoms with Gasteiger partial charge in [-0.15, -0.1) is 0 Å². The number of hydrogen-bond donors (Lipinski definition) is 0. The van der Waals surface area contributed by atoms with Crippen LogP contribution in [0.5, 0.6) is 0 Å². The standard InChI is InChI=1S/C10H19NO2/c1-5-13-9(12)8-6-7-11(8)10(2,3)4/h8H,5-7H2,1-4H3/t8-/m0/s1. The second-order valence-electron chi connectivity index (χ2n) is 4.42. The molecule has 0 radical (unpaired) electrons. The summed E-state index contributed by atoms with van der Waals surface area (Å²) in [5.41, 5.74) is 0.0790. The van der Waals surface area contributed by atoms with Gasteiger partial charge in [-0.25, -0.2) is 0 Å². The molecule has 1 aliphatic rings. The van der Waals surface area contributed by atoms with Crippen molar-refractivity contribution in [2.75, 3.05) is 13.2 Å². The molecule has 0 amide bonds. The first-order chi connectivity index (χ1) is 5.96. The van der Waals surface area contributed by atoms with Crippen molar-refractivity contribution in [1.29, 1.82) is 0 Å². The summed E-state index contributed by atoms with van der Waals surface area (Å²) >= 11 is 0. The zero-order valence-corrected chi connectivity index (χ0v) is 8.96. The van der Waals surface area contributed by atoms with Gasteiger partial charge in [0.1, 0.15) is 6.04 Å². The number of carbonyl (C=O) groups is 1. The predicted molar refractivity (Wildman–Crippen MR) is 51.5 cm³/mol. The summed E-state index contributed by atoms with van der Waals surface area (Å²) in [5.74, 6) is -0.0660. The van der Waals surface area contributed by atoms with E-state index in [-0.39, 0.29) is 17.6 Å². The molecule has 13 heavy (non-hydrogen) atoms. The number of esters is 1. The Morgan fingerprint density at radius 1 is 1.54 bits per heavy atom. The third kappa shape index (κ3) is 2.21. The lowest BCUT2D eigenvalue weighted by Crippen LogP contribution is -2.60. The Hall–Kier alpha value is -0.570. The van der Waals surface area contributed by atoms with Gasteiger partial charge >= 0.3 is 5.97 Å². The molecule has 0 aromatic carbocycles. The molecule has 1 saturated heterocycles. The van der Waals surface area contributed by atoms with Gasteiger partial charge in [-0.1, -0.05) is 0 Å². The average molecular weight is 185 g/mol. The Kier molecular flexibility index (Phi) is 2.96. The molecule has 0 spiro atoms. The largest absolute Gasteiger partial charge is 0.465 e. The molecule has 0 unspecified atom stereocenters. The number of carbonyl (C=O) groups excluding carboxylic acids is 1. The number of hydrogen-bond acceptors (Lipinski definition) is 3. The second kappa shape index (κ2) is 3.66. The van der Waals surface area contributed by atoms with E-state index in [1.165, 1.54) is 0 Å². The van der Waals surface area contributed by atoms with Gasteiger partial charge in [0.15, 0.2) is 0 Å². The molecule has 0 aromatic rings. The first-order valence-corrected chi connectivity index (χ1v) is 4.90. The van der Waals surface area contributed by atoms with Crippen LogP contribution in [-0.2, 0) is 9.53 Å². The van der Waals surface area contributed by atoms with E-state index in [1.807, 2.05) is 6.92 Å². The van der Waals surface area contributed by atoms with Crippen molar-refractivity contribution in [3.63, 3.8) is 0 Å². The van der Waals surface area contributed by atoms with Gasteiger partial charge in [-0.3, -0.25) is 9.69 Å². The van der Waals surface area contributed by atoms with E-state index in [2.05, 4.69) is 25.7 Å². The molecule has 76 valence electrons. The van der Waals surface area contributed by atoms with Gasteiger partial charge in [-0.2, -0.15) is 0 Å². The molecule has 1 rings (SSSR count). The van der Waals surface area contributed by atoms with Crippen LogP contribution in [0.15, 0.2) is 0 Å². The van der Waals surface area contributed by atoms with Gasteiger partial charge < -0.3 is 4.74 Å². The summed E-state index contributed by atoms with van der Waals surface area (Å²) in [7, 11) is 0. The Labute approximate surface area is 80.1 Å². The number of likely N-dealkylation sites (tertiary alicyclic amines) is 1. The molecule has 1 aliphatic heterocycles. The molecule has 1 atom stereocenters. The smallest absolute Gasteiger partial charge is 0.323 e. The molecule has 3 nitrogen and oxygen atoms in total. The Balaban J connectivity index is 2.50. The van der Waals surface area contributed by atoms with Gasteiger partial charge in [-0.05, 0) is 34.1 Å². The van der Waals surface area contributed by atoms with E-state index >= 15 is 0 Å². The minimum Gasteiger partial charge on any atom is -0.465 e. The van der Waals surface area contributed by atoms with Crippen molar-refractivity contribution < 1.29 is 9.53 Å². The van der Waals surface area contributed by atoms with Crippen molar-refractivity contribution in [2.24, 2.45) is 0 Å². The van der Waals surface area contributed by atoms with Gasteiger partial charge in [0.05, 0.1) is 6.61 Å². The quantitative estimate of drug-likeness (QED) is 0.609. The molecule has 0 aromatic heterocycles. The van der Waals surface area contributed by atoms with Crippen molar-refractivity contribution in [3.8, 4) is 0 Å². The third-order valence-electron chi connectivity index (χ3n) is 2.44. The molecule has 0 aliphatic carbocycles. The van der Waals surface area contributed by atoms with E-state index in [0.29, 0.717) is 6.61 Å². The summed E-state index contributed by atoms with van der Waals surface area (Å²) in [6.45, 7) is 9.70. The minimum atomic E-state index is -0.0660. The lowest BCUT2D eigenvalue weighted by Gasteiger charge is -2.47.